The highest BCUT2D eigenvalue weighted by Gasteiger charge is 2.30. The van der Waals surface area contributed by atoms with Gasteiger partial charge in [-0.15, -0.1) is 0 Å². The molecule has 0 aromatic heterocycles. The smallest absolute Gasteiger partial charge is 0.394 e. The predicted molar refractivity (Wildman–Crippen MR) is 97.3 cm³/mol. The number of ketones is 1. The minimum absolute atomic E-state index is 0.0342. The molecule has 0 bridgehead atoms. The molecule has 0 saturated heterocycles. The number of alkyl halides is 3. The fraction of sp³-hybridized carbons (Fsp3) is 0.350. The fourth-order valence-electron chi connectivity index (χ4n) is 2.56. The minimum Gasteiger partial charge on any atom is -0.394 e. The van der Waals surface area contributed by atoms with Crippen LogP contribution in [0.15, 0.2) is 48.5 Å². The summed E-state index contributed by atoms with van der Waals surface area (Å²) in [6.07, 6.45) is -2.80. The van der Waals surface area contributed by atoms with Gasteiger partial charge < -0.3 is 15.2 Å². The van der Waals surface area contributed by atoms with Gasteiger partial charge in [-0.05, 0) is 43.2 Å². The molecule has 0 aliphatic heterocycles. The van der Waals surface area contributed by atoms with E-state index in [9.17, 15) is 18.0 Å². The van der Waals surface area contributed by atoms with E-state index in [0.29, 0.717) is 37.1 Å². The van der Waals surface area contributed by atoms with E-state index < -0.39 is 11.7 Å². The first kappa shape index (κ1) is 20.9. The number of halogens is 3. The van der Waals surface area contributed by atoms with E-state index in [2.05, 4.69) is 5.32 Å². The van der Waals surface area contributed by atoms with Crippen LogP contribution in [0.3, 0.4) is 0 Å². The van der Waals surface area contributed by atoms with Gasteiger partial charge in [-0.1, -0.05) is 18.2 Å². The zero-order valence-electron chi connectivity index (χ0n) is 14.8. The number of aliphatic hydroxyl groups excluding tert-OH is 1. The molecule has 2 N–H and O–H groups in total. The van der Waals surface area contributed by atoms with Crippen LogP contribution in [0, 0.1) is 0 Å². The Hall–Kier alpha value is -2.38. The van der Waals surface area contributed by atoms with Gasteiger partial charge in [0.25, 0.3) is 0 Å². The van der Waals surface area contributed by atoms with E-state index >= 15 is 0 Å². The van der Waals surface area contributed by atoms with Crippen molar-refractivity contribution >= 4 is 17.2 Å². The summed E-state index contributed by atoms with van der Waals surface area (Å²) in [5.74, 6) is -0.0905. The van der Waals surface area contributed by atoms with Gasteiger partial charge in [0.15, 0.2) is 5.78 Å². The Bertz CT molecular complexity index is 747. The van der Waals surface area contributed by atoms with Crippen LogP contribution in [-0.4, -0.2) is 30.7 Å². The zero-order valence-corrected chi connectivity index (χ0v) is 14.8. The number of unbranched alkanes of at least 4 members (excludes halogenated alkanes) is 1. The molecule has 0 amide bonds. The number of anilines is 2. The third kappa shape index (κ3) is 6.69. The molecule has 0 radical (unpaired) electrons. The van der Waals surface area contributed by atoms with Crippen molar-refractivity contribution in [2.24, 2.45) is 0 Å². The average molecular weight is 381 g/mol. The highest BCUT2D eigenvalue weighted by atomic mass is 19.4. The van der Waals surface area contributed by atoms with Gasteiger partial charge in [0.05, 0.1) is 18.8 Å². The average Bonchev–Trinajstić information content (AvgIpc) is 2.64. The Morgan fingerprint density at radius 3 is 2.56 bits per heavy atom. The van der Waals surface area contributed by atoms with Crippen LogP contribution < -0.4 is 5.32 Å². The lowest BCUT2D eigenvalue weighted by molar-refractivity contribution is -0.137. The molecule has 146 valence electrons. The van der Waals surface area contributed by atoms with Crippen LogP contribution >= 0.6 is 0 Å². The van der Waals surface area contributed by atoms with Crippen molar-refractivity contribution in [1.82, 2.24) is 0 Å². The van der Waals surface area contributed by atoms with Crippen LogP contribution in [0.5, 0.6) is 0 Å². The van der Waals surface area contributed by atoms with Gasteiger partial charge in [0.2, 0.25) is 0 Å². The van der Waals surface area contributed by atoms with Crippen molar-refractivity contribution in [3.63, 3.8) is 0 Å². The second-order valence-corrected chi connectivity index (χ2v) is 5.97. The standard InChI is InChI=1S/C20H22F3NO3/c21-20(22,23)15-6-5-7-16(14-15)24-18-9-2-1-8-17(18)19(26)10-3-4-12-27-13-11-25/h1-2,5-9,14,24-25H,3-4,10-13H2. The van der Waals surface area contributed by atoms with Crippen molar-refractivity contribution in [3.05, 3.63) is 59.7 Å². The van der Waals surface area contributed by atoms with Gasteiger partial charge >= 0.3 is 6.18 Å². The van der Waals surface area contributed by atoms with E-state index in [4.69, 9.17) is 9.84 Å². The number of aliphatic hydroxyl groups is 1. The number of hydrogen-bond donors (Lipinski definition) is 2. The molecule has 7 heteroatoms. The molecule has 2 aromatic rings. The Morgan fingerprint density at radius 1 is 1.04 bits per heavy atom. The van der Waals surface area contributed by atoms with Crippen molar-refractivity contribution in [2.75, 3.05) is 25.1 Å². The number of ether oxygens (including phenoxy) is 1. The van der Waals surface area contributed by atoms with Crippen molar-refractivity contribution in [2.45, 2.75) is 25.4 Å². The maximum atomic E-state index is 12.9. The number of rotatable bonds is 10. The van der Waals surface area contributed by atoms with Gasteiger partial charge in [0.1, 0.15) is 0 Å². The lowest BCUT2D eigenvalue weighted by Gasteiger charge is -2.13. The summed E-state index contributed by atoms with van der Waals surface area (Å²) in [5, 5.41) is 11.5. The third-order valence-electron chi connectivity index (χ3n) is 3.87. The molecular weight excluding hydrogens is 359 g/mol. The van der Waals surface area contributed by atoms with Crippen LogP contribution in [0.4, 0.5) is 24.5 Å². The molecule has 27 heavy (non-hydrogen) atoms. The van der Waals surface area contributed by atoms with Crippen molar-refractivity contribution in [3.8, 4) is 0 Å². The highest BCUT2D eigenvalue weighted by molar-refractivity contribution is 6.01. The molecule has 0 saturated carbocycles. The maximum absolute atomic E-state index is 12.9. The van der Waals surface area contributed by atoms with Crippen LogP contribution in [0.2, 0.25) is 0 Å². The molecule has 2 rings (SSSR count). The van der Waals surface area contributed by atoms with Crippen molar-refractivity contribution in [1.29, 1.82) is 0 Å². The normalized spacial score (nSPS) is 11.4. The molecular formula is C20H22F3NO3. The Kier molecular flexibility index (Phi) is 7.82. The first-order valence-corrected chi connectivity index (χ1v) is 8.67. The lowest BCUT2D eigenvalue weighted by Crippen LogP contribution is -2.07. The van der Waals surface area contributed by atoms with E-state index in [0.717, 1.165) is 12.1 Å². The molecule has 0 aliphatic carbocycles. The summed E-state index contributed by atoms with van der Waals surface area (Å²) < 4.78 is 43.7. The molecule has 0 aliphatic rings. The maximum Gasteiger partial charge on any atom is 0.416 e. The monoisotopic (exact) mass is 381 g/mol. The predicted octanol–water partition coefficient (Wildman–Crippen LogP) is 4.81. The number of benzene rings is 2. The molecule has 0 heterocycles. The van der Waals surface area contributed by atoms with Gasteiger partial charge in [-0.2, -0.15) is 13.2 Å². The topological polar surface area (TPSA) is 58.6 Å². The molecule has 2 aromatic carbocycles. The Labute approximate surface area is 156 Å². The summed E-state index contributed by atoms with van der Waals surface area (Å²) >= 11 is 0. The fourth-order valence-corrected chi connectivity index (χ4v) is 2.56. The van der Waals surface area contributed by atoms with Crippen molar-refractivity contribution < 1.29 is 27.8 Å². The summed E-state index contributed by atoms with van der Waals surface area (Å²) in [7, 11) is 0. The summed E-state index contributed by atoms with van der Waals surface area (Å²) in [6.45, 7) is 0.711. The van der Waals surface area contributed by atoms with Crippen LogP contribution in [0.1, 0.15) is 35.2 Å². The molecule has 0 atom stereocenters. The van der Waals surface area contributed by atoms with Gasteiger partial charge in [0, 0.05) is 30.0 Å². The largest absolute Gasteiger partial charge is 0.416 e. The molecule has 0 unspecified atom stereocenters. The van der Waals surface area contributed by atoms with E-state index in [1.165, 1.54) is 12.1 Å². The summed E-state index contributed by atoms with van der Waals surface area (Å²) in [5.41, 5.74) is 0.422. The molecule has 0 spiro atoms. The number of para-hydroxylation sites is 1. The van der Waals surface area contributed by atoms with E-state index in [1.807, 2.05) is 0 Å². The Balaban J connectivity index is 2.02. The second kappa shape index (κ2) is 10.1. The number of carbonyl (C=O) groups is 1. The van der Waals surface area contributed by atoms with E-state index in [1.54, 1.807) is 24.3 Å². The summed E-state index contributed by atoms with van der Waals surface area (Å²) in [6, 6.07) is 11.6. The lowest BCUT2D eigenvalue weighted by atomic mass is 10.0. The van der Waals surface area contributed by atoms with Gasteiger partial charge in [-0.3, -0.25) is 4.79 Å². The molecule has 0 fully saturated rings. The number of nitrogens with one attached hydrogen (secondary N) is 1. The summed E-state index contributed by atoms with van der Waals surface area (Å²) in [4.78, 5) is 12.5. The van der Waals surface area contributed by atoms with Crippen LogP contribution in [0.25, 0.3) is 0 Å². The van der Waals surface area contributed by atoms with E-state index in [-0.39, 0.29) is 24.7 Å². The first-order chi connectivity index (χ1) is 12.9. The Morgan fingerprint density at radius 2 is 1.81 bits per heavy atom. The van der Waals surface area contributed by atoms with Crippen LogP contribution in [-0.2, 0) is 10.9 Å². The SMILES string of the molecule is O=C(CCCCOCCO)c1ccccc1Nc1cccc(C(F)(F)F)c1. The number of Topliss-reactive ketones (excluding diaryl/α,β-unsaturated/α-hetero) is 1. The first-order valence-electron chi connectivity index (χ1n) is 8.67. The van der Waals surface area contributed by atoms with Gasteiger partial charge in [-0.25, -0.2) is 0 Å². The zero-order chi connectivity index (χ0) is 19.7. The minimum atomic E-state index is -4.43. The third-order valence-corrected chi connectivity index (χ3v) is 3.87. The quantitative estimate of drug-likeness (QED) is 0.458. The number of hydrogen-bond acceptors (Lipinski definition) is 4. The second-order valence-electron chi connectivity index (χ2n) is 5.97. The number of carbonyl (C=O) groups excluding carboxylic acids is 1. The molecule has 4 nitrogen and oxygen atoms in total. The highest BCUT2D eigenvalue weighted by Crippen LogP contribution is 2.32.